The molecule has 0 spiro atoms. The highest BCUT2D eigenvalue weighted by Crippen LogP contribution is 2.42. The summed E-state index contributed by atoms with van der Waals surface area (Å²) in [4.78, 5) is 39.5. The summed E-state index contributed by atoms with van der Waals surface area (Å²) in [6.07, 6.45) is 2.52. The molecule has 2 fully saturated rings. The second-order valence-electron chi connectivity index (χ2n) is 8.30. The van der Waals surface area contributed by atoms with Crippen LogP contribution in [0.4, 0.5) is 5.69 Å². The Morgan fingerprint density at radius 1 is 0.931 bits per heavy atom. The molecule has 1 aliphatic carbocycles. The largest absolute Gasteiger partial charge is 0.422 e. The number of hydrogen-bond acceptors (Lipinski definition) is 4. The zero-order valence-corrected chi connectivity index (χ0v) is 17.0. The van der Waals surface area contributed by atoms with Crippen molar-refractivity contribution in [2.45, 2.75) is 40.0 Å². The molecule has 2 aliphatic rings. The number of hydrogen-bond donors (Lipinski definition) is 0. The van der Waals surface area contributed by atoms with Crippen LogP contribution in [-0.2, 0) is 9.59 Å². The molecule has 1 saturated carbocycles. The van der Waals surface area contributed by atoms with E-state index < -0.39 is 5.97 Å². The van der Waals surface area contributed by atoms with Crippen molar-refractivity contribution in [2.24, 2.45) is 17.8 Å². The summed E-state index contributed by atoms with van der Waals surface area (Å²) in [7, 11) is 0. The van der Waals surface area contributed by atoms with Gasteiger partial charge in [0.25, 0.3) is 0 Å². The first-order valence-corrected chi connectivity index (χ1v) is 10.1. The van der Waals surface area contributed by atoms with Gasteiger partial charge in [-0.05, 0) is 74.4 Å². The van der Waals surface area contributed by atoms with E-state index in [1.807, 2.05) is 32.0 Å². The Morgan fingerprint density at radius 2 is 1.55 bits per heavy atom. The number of esters is 1. The number of nitrogens with zero attached hydrogens (tertiary/aromatic N) is 1. The molecule has 1 aliphatic heterocycles. The van der Waals surface area contributed by atoms with Gasteiger partial charge in [0.15, 0.2) is 0 Å². The van der Waals surface area contributed by atoms with E-state index in [0.717, 1.165) is 30.4 Å². The Kier molecular flexibility index (Phi) is 4.99. The summed E-state index contributed by atoms with van der Waals surface area (Å²) < 4.78 is 5.57. The lowest BCUT2D eigenvalue weighted by atomic mass is 9.76. The third kappa shape index (κ3) is 3.46. The summed E-state index contributed by atoms with van der Waals surface area (Å²) in [6, 6.07) is 12.2. The lowest BCUT2D eigenvalue weighted by Crippen LogP contribution is -2.30. The highest BCUT2D eigenvalue weighted by molar-refractivity contribution is 6.22. The van der Waals surface area contributed by atoms with E-state index in [1.165, 1.54) is 4.90 Å². The van der Waals surface area contributed by atoms with Gasteiger partial charge < -0.3 is 4.74 Å². The van der Waals surface area contributed by atoms with E-state index in [-0.39, 0.29) is 23.7 Å². The summed E-state index contributed by atoms with van der Waals surface area (Å²) in [5.41, 5.74) is 2.67. The van der Waals surface area contributed by atoms with Crippen LogP contribution in [0.25, 0.3) is 0 Å². The number of aryl methyl sites for hydroxylation is 2. The Hall–Kier alpha value is -2.95. The highest BCUT2D eigenvalue weighted by atomic mass is 16.5. The summed E-state index contributed by atoms with van der Waals surface area (Å²) in [6.45, 7) is 5.92. The molecule has 0 N–H and O–H groups in total. The van der Waals surface area contributed by atoms with E-state index in [2.05, 4.69) is 6.92 Å². The zero-order valence-electron chi connectivity index (χ0n) is 17.0. The number of fused-ring (bicyclic) bond motifs is 1. The number of para-hydroxylation sites is 1. The van der Waals surface area contributed by atoms with Crippen LogP contribution >= 0.6 is 0 Å². The molecule has 4 rings (SSSR count). The van der Waals surface area contributed by atoms with E-state index in [0.29, 0.717) is 22.9 Å². The van der Waals surface area contributed by atoms with Crippen molar-refractivity contribution in [1.29, 1.82) is 0 Å². The molecule has 0 bridgehead atoms. The molecule has 2 aromatic rings. The maximum Gasteiger partial charge on any atom is 0.343 e. The fourth-order valence-electron chi connectivity index (χ4n) is 4.50. The SMILES string of the molecule is Cc1cccc(C)c1OC(=O)c1ccc(N2C(=O)[C@H]3C[C@@H](C)CC[C@H]3C2=O)cc1. The van der Waals surface area contributed by atoms with Gasteiger partial charge in [0, 0.05) is 0 Å². The van der Waals surface area contributed by atoms with Crippen LogP contribution in [0.2, 0.25) is 0 Å². The van der Waals surface area contributed by atoms with Gasteiger partial charge in [0.05, 0.1) is 23.1 Å². The minimum Gasteiger partial charge on any atom is -0.422 e. The summed E-state index contributed by atoms with van der Waals surface area (Å²) in [5, 5.41) is 0. The van der Waals surface area contributed by atoms with Crippen molar-refractivity contribution in [3.05, 3.63) is 59.2 Å². The molecule has 5 nitrogen and oxygen atoms in total. The maximum atomic E-state index is 12.8. The number of anilines is 1. The number of amides is 2. The molecule has 150 valence electrons. The van der Waals surface area contributed by atoms with Crippen molar-refractivity contribution in [3.8, 4) is 5.75 Å². The normalized spacial score (nSPS) is 23.8. The van der Waals surface area contributed by atoms with Gasteiger partial charge in [-0.25, -0.2) is 4.79 Å². The molecule has 1 heterocycles. The molecular weight excluding hydrogens is 366 g/mol. The molecule has 29 heavy (non-hydrogen) atoms. The van der Waals surface area contributed by atoms with Gasteiger partial charge in [-0.2, -0.15) is 0 Å². The van der Waals surface area contributed by atoms with Gasteiger partial charge in [-0.15, -0.1) is 0 Å². The molecular formula is C24H25NO4. The van der Waals surface area contributed by atoms with Gasteiger partial charge in [-0.3, -0.25) is 14.5 Å². The number of benzene rings is 2. The minimum absolute atomic E-state index is 0.113. The van der Waals surface area contributed by atoms with E-state index in [1.54, 1.807) is 24.3 Å². The van der Waals surface area contributed by atoms with E-state index in [9.17, 15) is 14.4 Å². The van der Waals surface area contributed by atoms with Crippen LogP contribution in [-0.4, -0.2) is 17.8 Å². The minimum atomic E-state index is -0.462. The standard InChI is InChI=1S/C24H25NO4/c1-14-7-12-19-20(13-14)23(27)25(22(19)26)18-10-8-17(9-11-18)24(28)29-21-15(2)5-4-6-16(21)3/h4-6,8-11,14,19-20H,7,12-13H2,1-3H3/t14-,19+,20-/m0/s1. The van der Waals surface area contributed by atoms with Gasteiger partial charge in [0.2, 0.25) is 11.8 Å². The van der Waals surface area contributed by atoms with Gasteiger partial charge in [0.1, 0.15) is 5.75 Å². The Labute approximate surface area is 170 Å². The van der Waals surface area contributed by atoms with Gasteiger partial charge >= 0.3 is 5.97 Å². The maximum absolute atomic E-state index is 12.8. The Balaban J connectivity index is 1.53. The van der Waals surface area contributed by atoms with Crippen LogP contribution in [0.15, 0.2) is 42.5 Å². The van der Waals surface area contributed by atoms with Crippen LogP contribution in [0.1, 0.15) is 47.7 Å². The Bertz CT molecular complexity index is 959. The monoisotopic (exact) mass is 391 g/mol. The molecule has 2 amide bonds. The topological polar surface area (TPSA) is 63.7 Å². The van der Waals surface area contributed by atoms with Crippen molar-refractivity contribution in [2.75, 3.05) is 4.90 Å². The zero-order chi connectivity index (χ0) is 20.7. The predicted molar refractivity (Wildman–Crippen MR) is 110 cm³/mol. The molecule has 0 aromatic heterocycles. The third-order valence-electron chi connectivity index (χ3n) is 6.15. The summed E-state index contributed by atoms with van der Waals surface area (Å²) >= 11 is 0. The number of ether oxygens (including phenoxy) is 1. The van der Waals surface area contributed by atoms with Crippen molar-refractivity contribution < 1.29 is 19.1 Å². The lowest BCUT2D eigenvalue weighted by Gasteiger charge is -2.25. The molecule has 3 atom stereocenters. The molecule has 2 aromatic carbocycles. The highest BCUT2D eigenvalue weighted by Gasteiger charge is 2.49. The van der Waals surface area contributed by atoms with Crippen LogP contribution < -0.4 is 9.64 Å². The lowest BCUT2D eigenvalue weighted by molar-refractivity contribution is -0.122. The number of imide groups is 1. The third-order valence-corrected chi connectivity index (χ3v) is 6.15. The van der Waals surface area contributed by atoms with E-state index in [4.69, 9.17) is 4.74 Å². The van der Waals surface area contributed by atoms with Crippen LogP contribution in [0, 0.1) is 31.6 Å². The molecule has 5 heteroatoms. The van der Waals surface area contributed by atoms with Crippen LogP contribution in [0.5, 0.6) is 5.75 Å². The van der Waals surface area contributed by atoms with Crippen molar-refractivity contribution in [1.82, 2.24) is 0 Å². The van der Waals surface area contributed by atoms with Gasteiger partial charge in [-0.1, -0.05) is 25.1 Å². The van der Waals surface area contributed by atoms with Crippen molar-refractivity contribution in [3.63, 3.8) is 0 Å². The first-order valence-electron chi connectivity index (χ1n) is 10.1. The quantitative estimate of drug-likeness (QED) is 0.441. The number of rotatable bonds is 3. The average molecular weight is 391 g/mol. The number of carbonyl (C=O) groups excluding carboxylic acids is 3. The van der Waals surface area contributed by atoms with E-state index >= 15 is 0 Å². The molecule has 0 radical (unpaired) electrons. The fraction of sp³-hybridized carbons (Fsp3) is 0.375. The number of carbonyl (C=O) groups is 3. The molecule has 0 unspecified atom stereocenters. The summed E-state index contributed by atoms with van der Waals surface area (Å²) in [5.74, 6) is -0.0716. The second-order valence-corrected chi connectivity index (χ2v) is 8.30. The second kappa shape index (κ2) is 7.47. The fourth-order valence-corrected chi connectivity index (χ4v) is 4.50. The smallest absolute Gasteiger partial charge is 0.343 e. The average Bonchev–Trinajstić information content (AvgIpc) is 2.94. The predicted octanol–water partition coefficient (Wildman–Crippen LogP) is 4.45. The van der Waals surface area contributed by atoms with Crippen LogP contribution in [0.3, 0.4) is 0 Å². The Morgan fingerprint density at radius 3 is 2.21 bits per heavy atom. The first kappa shape index (κ1) is 19.4. The first-order chi connectivity index (χ1) is 13.9. The molecule has 1 saturated heterocycles. The van der Waals surface area contributed by atoms with Crippen molar-refractivity contribution >= 4 is 23.5 Å².